The van der Waals surface area contributed by atoms with Crippen LogP contribution < -0.4 is 10.6 Å². The van der Waals surface area contributed by atoms with E-state index in [4.69, 9.17) is 0 Å². The summed E-state index contributed by atoms with van der Waals surface area (Å²) in [5.41, 5.74) is 0.467. The molecule has 0 fully saturated rings. The highest BCUT2D eigenvalue weighted by molar-refractivity contribution is 5.92. The van der Waals surface area contributed by atoms with Crippen molar-refractivity contribution >= 4 is 11.7 Å². The summed E-state index contributed by atoms with van der Waals surface area (Å²) < 4.78 is 0. The monoisotopic (exact) mass is 277 g/mol. The predicted octanol–water partition coefficient (Wildman–Crippen LogP) is 3.17. The fraction of sp³-hybridized carbons (Fsp3) is 0.625. The number of rotatable bonds is 7. The Hall–Kier alpha value is -1.58. The van der Waals surface area contributed by atoms with Gasteiger partial charge >= 0.3 is 0 Å². The van der Waals surface area contributed by atoms with Crippen molar-refractivity contribution in [3.05, 3.63) is 23.9 Å². The fourth-order valence-electron chi connectivity index (χ4n) is 2.38. The summed E-state index contributed by atoms with van der Waals surface area (Å²) in [6, 6.07) is 5.46. The highest BCUT2D eigenvalue weighted by Gasteiger charge is 2.18. The Morgan fingerprint density at radius 3 is 2.40 bits per heavy atom. The second-order valence-electron chi connectivity index (χ2n) is 5.80. The van der Waals surface area contributed by atoms with Gasteiger partial charge < -0.3 is 10.6 Å². The van der Waals surface area contributed by atoms with E-state index in [1.54, 1.807) is 6.07 Å². The molecule has 20 heavy (non-hydrogen) atoms. The number of hydrogen-bond donors (Lipinski definition) is 2. The Morgan fingerprint density at radius 2 is 1.85 bits per heavy atom. The maximum Gasteiger partial charge on any atom is 0.269 e. The highest BCUT2D eigenvalue weighted by Crippen LogP contribution is 2.19. The van der Waals surface area contributed by atoms with Gasteiger partial charge in [-0.3, -0.25) is 4.79 Å². The normalized spacial score (nSPS) is 11.2. The molecule has 0 atom stereocenters. The molecule has 0 bridgehead atoms. The standard InChI is InChI=1S/C16H27N3O/c1-6-17-15-9-7-8-14(19-15)16(20)18-10-13(11(2)3)12(4)5/h7-9,11-13H,6,10H2,1-5H3,(H,17,19)(H,18,20). The van der Waals surface area contributed by atoms with E-state index in [-0.39, 0.29) is 5.91 Å². The number of carbonyl (C=O) groups excluding carboxylic acids is 1. The average Bonchev–Trinajstić information content (AvgIpc) is 2.38. The van der Waals surface area contributed by atoms with Gasteiger partial charge in [-0.05, 0) is 36.8 Å². The van der Waals surface area contributed by atoms with Crippen molar-refractivity contribution in [1.29, 1.82) is 0 Å². The molecular formula is C16H27N3O. The number of nitrogens with zero attached hydrogens (tertiary/aromatic N) is 1. The number of pyridine rings is 1. The molecule has 0 aliphatic rings. The largest absolute Gasteiger partial charge is 0.370 e. The van der Waals surface area contributed by atoms with Gasteiger partial charge in [0.1, 0.15) is 11.5 Å². The first-order valence-electron chi connectivity index (χ1n) is 7.44. The van der Waals surface area contributed by atoms with Crippen molar-refractivity contribution in [2.24, 2.45) is 17.8 Å². The molecule has 112 valence electrons. The van der Waals surface area contributed by atoms with Gasteiger partial charge in [-0.15, -0.1) is 0 Å². The second kappa shape index (κ2) is 7.88. The van der Waals surface area contributed by atoms with Gasteiger partial charge in [0.05, 0.1) is 0 Å². The number of amides is 1. The number of nitrogens with one attached hydrogen (secondary N) is 2. The Morgan fingerprint density at radius 1 is 1.20 bits per heavy atom. The lowest BCUT2D eigenvalue weighted by molar-refractivity contribution is 0.0932. The van der Waals surface area contributed by atoms with E-state index in [0.29, 0.717) is 30.0 Å². The molecule has 0 aliphatic heterocycles. The number of anilines is 1. The van der Waals surface area contributed by atoms with Crippen LogP contribution in [0.2, 0.25) is 0 Å². The molecule has 1 amide bonds. The SMILES string of the molecule is CCNc1cccc(C(=O)NCC(C(C)C)C(C)C)n1. The summed E-state index contributed by atoms with van der Waals surface area (Å²) in [7, 11) is 0. The van der Waals surface area contributed by atoms with Gasteiger partial charge in [-0.1, -0.05) is 33.8 Å². The number of carbonyl (C=O) groups is 1. The van der Waals surface area contributed by atoms with Gasteiger partial charge in [0.15, 0.2) is 0 Å². The Bertz CT molecular complexity index is 421. The zero-order valence-electron chi connectivity index (χ0n) is 13.2. The smallest absolute Gasteiger partial charge is 0.269 e. The summed E-state index contributed by atoms with van der Waals surface area (Å²) in [6.45, 7) is 12.3. The molecule has 4 nitrogen and oxygen atoms in total. The molecular weight excluding hydrogens is 250 g/mol. The molecule has 1 aromatic heterocycles. The molecule has 0 radical (unpaired) electrons. The Kier molecular flexibility index (Phi) is 6.49. The maximum atomic E-state index is 12.1. The van der Waals surface area contributed by atoms with Gasteiger partial charge in [0, 0.05) is 13.1 Å². The maximum absolute atomic E-state index is 12.1. The molecule has 0 aromatic carbocycles. The minimum absolute atomic E-state index is 0.101. The minimum atomic E-state index is -0.101. The van der Waals surface area contributed by atoms with E-state index in [0.717, 1.165) is 12.4 Å². The lowest BCUT2D eigenvalue weighted by atomic mass is 9.85. The van der Waals surface area contributed by atoms with Crippen LogP contribution in [0.5, 0.6) is 0 Å². The molecule has 2 N–H and O–H groups in total. The molecule has 1 heterocycles. The molecule has 1 aromatic rings. The minimum Gasteiger partial charge on any atom is -0.370 e. The van der Waals surface area contributed by atoms with Gasteiger partial charge in [0.25, 0.3) is 5.91 Å². The van der Waals surface area contributed by atoms with E-state index in [1.165, 1.54) is 0 Å². The molecule has 0 spiro atoms. The third-order valence-corrected chi connectivity index (χ3v) is 3.55. The molecule has 0 unspecified atom stereocenters. The molecule has 0 aliphatic carbocycles. The van der Waals surface area contributed by atoms with Crippen LogP contribution in [-0.2, 0) is 0 Å². The second-order valence-corrected chi connectivity index (χ2v) is 5.80. The number of aromatic nitrogens is 1. The summed E-state index contributed by atoms with van der Waals surface area (Å²) in [5.74, 6) is 2.23. The molecule has 4 heteroatoms. The highest BCUT2D eigenvalue weighted by atomic mass is 16.1. The summed E-state index contributed by atoms with van der Waals surface area (Å²) in [6.07, 6.45) is 0. The fourth-order valence-corrected chi connectivity index (χ4v) is 2.38. The van der Waals surface area contributed by atoms with Gasteiger partial charge in [0.2, 0.25) is 0 Å². The van der Waals surface area contributed by atoms with Crippen molar-refractivity contribution in [3.63, 3.8) is 0 Å². The zero-order valence-corrected chi connectivity index (χ0v) is 13.2. The molecule has 0 saturated carbocycles. The van der Waals surface area contributed by atoms with E-state index in [2.05, 4.69) is 43.3 Å². The van der Waals surface area contributed by atoms with Crippen LogP contribution in [0.1, 0.15) is 45.1 Å². The van der Waals surface area contributed by atoms with Crippen LogP contribution >= 0.6 is 0 Å². The van der Waals surface area contributed by atoms with Gasteiger partial charge in [-0.2, -0.15) is 0 Å². The van der Waals surface area contributed by atoms with Gasteiger partial charge in [-0.25, -0.2) is 4.98 Å². The van der Waals surface area contributed by atoms with E-state index < -0.39 is 0 Å². The summed E-state index contributed by atoms with van der Waals surface area (Å²) in [5, 5.41) is 6.11. The van der Waals surface area contributed by atoms with Crippen LogP contribution in [0.25, 0.3) is 0 Å². The Balaban J connectivity index is 2.64. The third-order valence-electron chi connectivity index (χ3n) is 3.55. The molecule has 1 rings (SSSR count). The lowest BCUT2D eigenvalue weighted by Crippen LogP contribution is -2.34. The first-order valence-corrected chi connectivity index (χ1v) is 7.44. The van der Waals surface area contributed by atoms with Crippen LogP contribution in [0.15, 0.2) is 18.2 Å². The van der Waals surface area contributed by atoms with Crippen molar-refractivity contribution in [3.8, 4) is 0 Å². The van der Waals surface area contributed by atoms with E-state index in [9.17, 15) is 4.79 Å². The van der Waals surface area contributed by atoms with Crippen LogP contribution in [0.4, 0.5) is 5.82 Å². The third kappa shape index (κ3) is 4.83. The topological polar surface area (TPSA) is 54.0 Å². The predicted molar refractivity (Wildman–Crippen MR) is 83.9 cm³/mol. The lowest BCUT2D eigenvalue weighted by Gasteiger charge is -2.25. The van der Waals surface area contributed by atoms with Crippen LogP contribution in [0.3, 0.4) is 0 Å². The zero-order chi connectivity index (χ0) is 15.1. The van der Waals surface area contributed by atoms with Crippen LogP contribution in [-0.4, -0.2) is 24.0 Å². The Labute approximate surface area is 122 Å². The summed E-state index contributed by atoms with van der Waals surface area (Å²) in [4.78, 5) is 16.5. The van der Waals surface area contributed by atoms with Crippen LogP contribution in [0, 0.1) is 17.8 Å². The quantitative estimate of drug-likeness (QED) is 0.805. The molecule has 0 saturated heterocycles. The van der Waals surface area contributed by atoms with E-state index >= 15 is 0 Å². The number of hydrogen-bond acceptors (Lipinski definition) is 3. The van der Waals surface area contributed by atoms with E-state index in [1.807, 2.05) is 19.1 Å². The van der Waals surface area contributed by atoms with Crippen molar-refractivity contribution < 1.29 is 4.79 Å². The average molecular weight is 277 g/mol. The van der Waals surface area contributed by atoms with Crippen molar-refractivity contribution in [2.75, 3.05) is 18.4 Å². The summed E-state index contributed by atoms with van der Waals surface area (Å²) >= 11 is 0. The van der Waals surface area contributed by atoms with Crippen molar-refractivity contribution in [2.45, 2.75) is 34.6 Å². The first kappa shape index (κ1) is 16.5. The van der Waals surface area contributed by atoms with Crippen molar-refractivity contribution in [1.82, 2.24) is 10.3 Å². The first-order chi connectivity index (χ1) is 9.45.